The number of aromatic nitrogens is 4. The van der Waals surface area contributed by atoms with Crippen molar-refractivity contribution in [2.45, 2.75) is 64.0 Å². The molecule has 0 aliphatic heterocycles. The zero-order valence-corrected chi connectivity index (χ0v) is 21.2. The van der Waals surface area contributed by atoms with Crippen LogP contribution in [0.1, 0.15) is 62.4 Å². The lowest BCUT2D eigenvalue weighted by molar-refractivity contribution is -0.130. The molecule has 2 fully saturated rings. The fraction of sp³-hybridized carbons (Fsp3) is 0.500. The summed E-state index contributed by atoms with van der Waals surface area (Å²) in [5.41, 5.74) is 1.59. The predicted octanol–water partition coefficient (Wildman–Crippen LogP) is 3.93. The Hall–Kier alpha value is -3.76. The molecule has 3 aromatic rings. The topological polar surface area (TPSA) is 117 Å². The van der Waals surface area contributed by atoms with Crippen molar-refractivity contribution < 1.29 is 14.0 Å². The van der Waals surface area contributed by atoms with E-state index in [4.69, 9.17) is 0 Å². The van der Waals surface area contributed by atoms with E-state index in [0.29, 0.717) is 29.8 Å². The number of fused-ring (bicyclic) bond motifs is 1. The first kappa shape index (κ1) is 24.9. The van der Waals surface area contributed by atoms with E-state index in [2.05, 4.69) is 31.0 Å². The molecule has 3 N–H and O–H groups in total. The summed E-state index contributed by atoms with van der Waals surface area (Å²) in [6.45, 7) is 2.72. The van der Waals surface area contributed by atoms with Crippen molar-refractivity contribution in [3.63, 3.8) is 0 Å². The molecule has 2 aliphatic carbocycles. The Bertz CT molecular complexity index is 1280. The Balaban J connectivity index is 1.32. The molecule has 11 heteroatoms. The number of anilines is 3. The van der Waals surface area contributed by atoms with Gasteiger partial charge in [0.05, 0.1) is 23.8 Å². The van der Waals surface area contributed by atoms with Gasteiger partial charge in [-0.1, -0.05) is 0 Å². The van der Waals surface area contributed by atoms with E-state index in [1.807, 2.05) is 20.0 Å². The van der Waals surface area contributed by atoms with Crippen LogP contribution in [0, 0.1) is 11.7 Å². The van der Waals surface area contributed by atoms with E-state index in [-0.39, 0.29) is 23.3 Å². The molecular weight excluding hydrogens is 475 g/mol. The van der Waals surface area contributed by atoms with E-state index in [1.54, 1.807) is 4.90 Å². The maximum Gasteiger partial charge on any atom is 0.276 e. The van der Waals surface area contributed by atoms with Gasteiger partial charge in [-0.25, -0.2) is 13.9 Å². The number of rotatable bonds is 9. The number of amides is 2. The summed E-state index contributed by atoms with van der Waals surface area (Å²) in [7, 11) is 1.85. The zero-order chi connectivity index (χ0) is 25.9. The van der Waals surface area contributed by atoms with Crippen LogP contribution >= 0.6 is 0 Å². The molecule has 3 aromatic heterocycles. The highest BCUT2D eigenvalue weighted by Crippen LogP contribution is 2.32. The SMILES string of the molecule is CCN(C)C(=O)CC1CCC(Nc2cc(NC3CC3)c3ncc(C(=O)Nc4ccncc4F)n3n2)CC1. The average molecular weight is 509 g/mol. The van der Waals surface area contributed by atoms with E-state index in [9.17, 15) is 14.0 Å². The number of nitrogens with zero attached hydrogens (tertiary/aromatic N) is 5. The van der Waals surface area contributed by atoms with Crippen LogP contribution in [-0.4, -0.2) is 62.0 Å². The van der Waals surface area contributed by atoms with Crippen LogP contribution in [0.2, 0.25) is 0 Å². The summed E-state index contributed by atoms with van der Waals surface area (Å²) in [5.74, 6) is 0.124. The van der Waals surface area contributed by atoms with Gasteiger partial charge in [0, 0.05) is 44.4 Å². The fourth-order valence-corrected chi connectivity index (χ4v) is 4.71. The number of hydrogen-bond acceptors (Lipinski definition) is 7. The van der Waals surface area contributed by atoms with Crippen molar-refractivity contribution in [1.82, 2.24) is 24.5 Å². The fourth-order valence-electron chi connectivity index (χ4n) is 4.71. The molecule has 0 aromatic carbocycles. The van der Waals surface area contributed by atoms with Crippen molar-refractivity contribution in [2.24, 2.45) is 5.92 Å². The lowest BCUT2D eigenvalue weighted by Gasteiger charge is -2.30. The predicted molar refractivity (Wildman–Crippen MR) is 139 cm³/mol. The van der Waals surface area contributed by atoms with Crippen LogP contribution in [0.15, 0.2) is 30.7 Å². The number of hydrogen-bond donors (Lipinski definition) is 3. The summed E-state index contributed by atoms with van der Waals surface area (Å²) >= 11 is 0. The third-order valence-corrected chi connectivity index (χ3v) is 7.22. The van der Waals surface area contributed by atoms with Gasteiger partial charge in [-0.2, -0.15) is 0 Å². The van der Waals surface area contributed by atoms with Gasteiger partial charge < -0.3 is 20.9 Å². The van der Waals surface area contributed by atoms with Crippen LogP contribution in [0.4, 0.5) is 21.6 Å². The van der Waals surface area contributed by atoms with Gasteiger partial charge >= 0.3 is 0 Å². The van der Waals surface area contributed by atoms with Crippen molar-refractivity contribution in [2.75, 3.05) is 29.5 Å². The smallest absolute Gasteiger partial charge is 0.276 e. The zero-order valence-electron chi connectivity index (χ0n) is 21.2. The van der Waals surface area contributed by atoms with E-state index >= 15 is 0 Å². The van der Waals surface area contributed by atoms with Gasteiger partial charge in [-0.15, -0.1) is 5.10 Å². The Morgan fingerprint density at radius 3 is 2.51 bits per heavy atom. The minimum Gasteiger partial charge on any atom is -0.379 e. The molecule has 0 saturated heterocycles. The Kier molecular flexibility index (Phi) is 7.20. The van der Waals surface area contributed by atoms with Crippen molar-refractivity contribution in [3.8, 4) is 0 Å². The Morgan fingerprint density at radius 1 is 1.08 bits per heavy atom. The van der Waals surface area contributed by atoms with Crippen molar-refractivity contribution in [1.29, 1.82) is 0 Å². The molecule has 37 heavy (non-hydrogen) atoms. The minimum atomic E-state index is -0.616. The van der Waals surface area contributed by atoms with Gasteiger partial charge in [0.1, 0.15) is 5.82 Å². The largest absolute Gasteiger partial charge is 0.379 e. The summed E-state index contributed by atoms with van der Waals surface area (Å²) in [6.07, 6.45) is 10.5. The first-order valence-electron chi connectivity index (χ1n) is 13.0. The van der Waals surface area contributed by atoms with Crippen LogP contribution in [-0.2, 0) is 4.79 Å². The quantitative estimate of drug-likeness (QED) is 0.401. The standard InChI is InChI=1S/C26H33FN8O2/c1-3-34(2)24(36)12-16-4-6-18(7-5-16)31-23-13-21(30-17-8-9-17)25-29-15-22(35(25)33-23)26(37)32-20-10-11-28-14-19(20)27/h10-11,13-18,30H,3-9,12H2,1-2H3,(H,31,33)(H,28,32,37). The monoisotopic (exact) mass is 508 g/mol. The number of carbonyl (C=O) groups excluding carboxylic acids is 2. The summed E-state index contributed by atoms with van der Waals surface area (Å²) in [6, 6.07) is 3.95. The molecule has 0 unspecified atom stereocenters. The third-order valence-electron chi connectivity index (χ3n) is 7.22. The minimum absolute atomic E-state index is 0.0425. The molecule has 0 bridgehead atoms. The normalized spacial score (nSPS) is 19.4. The first-order valence-corrected chi connectivity index (χ1v) is 13.0. The first-order chi connectivity index (χ1) is 17.9. The van der Waals surface area contributed by atoms with Crippen molar-refractivity contribution in [3.05, 3.63) is 42.2 Å². The number of pyridine rings is 1. The molecule has 3 heterocycles. The van der Waals surface area contributed by atoms with Crippen LogP contribution in [0.3, 0.4) is 0 Å². The molecule has 2 saturated carbocycles. The highest BCUT2D eigenvalue weighted by atomic mass is 19.1. The third kappa shape index (κ3) is 5.81. The molecule has 2 amide bonds. The lowest BCUT2D eigenvalue weighted by Crippen LogP contribution is -2.31. The molecular formula is C26H33FN8O2. The second-order valence-corrected chi connectivity index (χ2v) is 10.0. The molecule has 0 atom stereocenters. The van der Waals surface area contributed by atoms with Gasteiger partial charge in [-0.3, -0.25) is 14.6 Å². The van der Waals surface area contributed by atoms with Gasteiger partial charge in [-0.05, 0) is 57.4 Å². The highest BCUT2D eigenvalue weighted by Gasteiger charge is 2.27. The average Bonchev–Trinajstić information content (AvgIpc) is 3.61. The number of nitrogens with one attached hydrogen (secondary N) is 3. The summed E-state index contributed by atoms with van der Waals surface area (Å²) < 4.78 is 15.5. The van der Waals surface area contributed by atoms with E-state index < -0.39 is 11.7 Å². The number of carbonyl (C=O) groups is 2. The highest BCUT2D eigenvalue weighted by molar-refractivity contribution is 6.03. The van der Waals surface area contributed by atoms with E-state index in [0.717, 1.165) is 57.0 Å². The lowest BCUT2D eigenvalue weighted by atomic mass is 9.84. The second kappa shape index (κ2) is 10.7. The summed E-state index contributed by atoms with van der Waals surface area (Å²) in [5, 5.41) is 14.3. The van der Waals surface area contributed by atoms with Crippen molar-refractivity contribution >= 4 is 34.7 Å². The maximum atomic E-state index is 14.0. The van der Waals surface area contributed by atoms with Crippen LogP contribution < -0.4 is 16.0 Å². The number of halogens is 1. The second-order valence-electron chi connectivity index (χ2n) is 10.0. The number of imidazole rings is 1. The maximum absolute atomic E-state index is 14.0. The molecule has 196 valence electrons. The van der Waals surface area contributed by atoms with Gasteiger partial charge in [0.2, 0.25) is 5.91 Å². The van der Waals surface area contributed by atoms with Crippen LogP contribution in [0.25, 0.3) is 5.65 Å². The molecule has 5 rings (SSSR count). The molecule has 0 spiro atoms. The molecule has 0 radical (unpaired) electrons. The van der Waals surface area contributed by atoms with E-state index in [1.165, 1.54) is 23.0 Å². The summed E-state index contributed by atoms with van der Waals surface area (Å²) in [4.78, 5) is 35.2. The molecule has 2 aliphatic rings. The van der Waals surface area contributed by atoms with Crippen LogP contribution in [0.5, 0.6) is 0 Å². The van der Waals surface area contributed by atoms with Gasteiger partial charge in [0.25, 0.3) is 5.91 Å². The van der Waals surface area contributed by atoms with Gasteiger partial charge in [0.15, 0.2) is 17.2 Å². The molecule has 10 nitrogen and oxygen atoms in total. The Labute approximate surface area is 215 Å². The Morgan fingerprint density at radius 2 is 1.81 bits per heavy atom.